The van der Waals surface area contributed by atoms with Gasteiger partial charge in [-0.05, 0) is 32.5 Å². The highest BCUT2D eigenvalue weighted by molar-refractivity contribution is 7.15. The molecule has 1 atom stereocenters. The lowest BCUT2D eigenvalue weighted by Gasteiger charge is -2.25. The highest BCUT2D eigenvalue weighted by atomic mass is 35.5. The van der Waals surface area contributed by atoms with Crippen LogP contribution < -0.4 is 5.32 Å². The molecule has 108 valence electrons. The topological polar surface area (TPSA) is 28.2 Å². The summed E-state index contributed by atoms with van der Waals surface area (Å²) in [5.74, 6) is 0. The summed E-state index contributed by atoms with van der Waals surface area (Å²) in [6.07, 6.45) is 1.94. The number of benzene rings is 1. The maximum Gasteiger partial charge on any atom is 0.182 e. The van der Waals surface area contributed by atoms with Crippen LogP contribution in [0.2, 0.25) is 5.02 Å². The van der Waals surface area contributed by atoms with Crippen molar-refractivity contribution in [3.63, 3.8) is 0 Å². The molecular formula is C15H20ClN3S. The smallest absolute Gasteiger partial charge is 0.182 e. The van der Waals surface area contributed by atoms with Gasteiger partial charge in [0.15, 0.2) is 5.13 Å². The summed E-state index contributed by atoms with van der Waals surface area (Å²) in [5, 5.41) is 5.05. The lowest BCUT2D eigenvalue weighted by atomic mass is 10.1. The van der Waals surface area contributed by atoms with E-state index in [-0.39, 0.29) is 6.04 Å². The number of nitrogens with one attached hydrogen (secondary N) is 1. The molecule has 1 aromatic carbocycles. The van der Waals surface area contributed by atoms with Crippen LogP contribution in [0.25, 0.3) is 0 Å². The predicted octanol–water partition coefficient (Wildman–Crippen LogP) is 4.42. The number of anilines is 1. The second-order valence-electron chi connectivity index (χ2n) is 4.77. The molecule has 3 nitrogen and oxygen atoms in total. The summed E-state index contributed by atoms with van der Waals surface area (Å²) < 4.78 is 0. The van der Waals surface area contributed by atoms with Gasteiger partial charge in [0.25, 0.3) is 0 Å². The van der Waals surface area contributed by atoms with Crippen LogP contribution in [-0.2, 0) is 6.54 Å². The van der Waals surface area contributed by atoms with Gasteiger partial charge in [-0.3, -0.25) is 4.90 Å². The number of aromatic nitrogens is 1. The first-order valence-corrected chi connectivity index (χ1v) is 7.94. The molecule has 5 heteroatoms. The van der Waals surface area contributed by atoms with Crippen molar-refractivity contribution in [1.82, 2.24) is 9.88 Å². The van der Waals surface area contributed by atoms with E-state index < -0.39 is 0 Å². The average Bonchev–Trinajstić information content (AvgIpc) is 2.86. The van der Waals surface area contributed by atoms with Crippen LogP contribution in [0.3, 0.4) is 0 Å². The first-order chi connectivity index (χ1) is 9.61. The van der Waals surface area contributed by atoms with Crippen molar-refractivity contribution in [2.24, 2.45) is 0 Å². The van der Waals surface area contributed by atoms with Gasteiger partial charge in [-0.1, -0.05) is 29.8 Å². The highest BCUT2D eigenvalue weighted by Crippen LogP contribution is 2.28. The Morgan fingerprint density at radius 2 is 2.15 bits per heavy atom. The Balaban J connectivity index is 2.03. The van der Waals surface area contributed by atoms with Gasteiger partial charge in [0.2, 0.25) is 0 Å². The third kappa shape index (κ3) is 3.72. The van der Waals surface area contributed by atoms with E-state index in [0.717, 1.165) is 28.8 Å². The molecule has 0 saturated carbocycles. The molecule has 2 aromatic rings. The molecule has 0 fully saturated rings. The van der Waals surface area contributed by atoms with E-state index in [9.17, 15) is 0 Å². The second-order valence-corrected chi connectivity index (χ2v) is 6.30. The molecule has 0 radical (unpaired) electrons. The Bertz CT molecular complexity index is 556. The molecular weight excluding hydrogens is 290 g/mol. The number of rotatable bonds is 6. The second kappa shape index (κ2) is 7.07. The summed E-state index contributed by atoms with van der Waals surface area (Å²) in [5.41, 5.74) is 1.16. The largest absolute Gasteiger partial charge is 0.362 e. The first kappa shape index (κ1) is 15.3. The van der Waals surface area contributed by atoms with Gasteiger partial charge in [-0.15, -0.1) is 11.3 Å². The van der Waals surface area contributed by atoms with Crippen molar-refractivity contribution in [1.29, 1.82) is 0 Å². The minimum Gasteiger partial charge on any atom is -0.362 e. The molecule has 0 aliphatic carbocycles. The summed E-state index contributed by atoms with van der Waals surface area (Å²) in [7, 11) is 2.11. The van der Waals surface area contributed by atoms with E-state index in [4.69, 9.17) is 11.6 Å². The molecule has 0 aliphatic rings. The molecule has 0 spiro atoms. The third-order valence-corrected chi connectivity index (χ3v) is 4.59. The average molecular weight is 310 g/mol. The minimum absolute atomic E-state index is 0.272. The zero-order chi connectivity index (χ0) is 14.5. The number of thiazole rings is 1. The summed E-state index contributed by atoms with van der Waals surface area (Å²) in [6, 6.07) is 8.29. The minimum atomic E-state index is 0.272. The van der Waals surface area contributed by atoms with E-state index >= 15 is 0 Å². The van der Waals surface area contributed by atoms with Crippen molar-refractivity contribution in [3.8, 4) is 0 Å². The lowest BCUT2D eigenvalue weighted by molar-refractivity contribution is 0.255. The maximum atomic E-state index is 6.27. The van der Waals surface area contributed by atoms with Crippen molar-refractivity contribution in [2.45, 2.75) is 26.4 Å². The van der Waals surface area contributed by atoms with Crippen LogP contribution >= 0.6 is 22.9 Å². The van der Waals surface area contributed by atoms with Crippen LogP contribution in [-0.4, -0.2) is 23.5 Å². The van der Waals surface area contributed by atoms with E-state index in [0.29, 0.717) is 0 Å². The maximum absolute atomic E-state index is 6.27. The third-order valence-electron chi connectivity index (χ3n) is 3.30. The zero-order valence-corrected chi connectivity index (χ0v) is 13.6. The van der Waals surface area contributed by atoms with Gasteiger partial charge < -0.3 is 5.32 Å². The molecule has 1 aromatic heterocycles. The molecule has 1 N–H and O–H groups in total. The molecule has 0 amide bonds. The van der Waals surface area contributed by atoms with E-state index in [1.807, 2.05) is 24.4 Å². The van der Waals surface area contributed by atoms with Crippen molar-refractivity contribution < 1.29 is 0 Å². The fourth-order valence-electron chi connectivity index (χ4n) is 2.05. The molecule has 0 aliphatic heterocycles. The van der Waals surface area contributed by atoms with Crippen LogP contribution in [0.15, 0.2) is 30.5 Å². The van der Waals surface area contributed by atoms with Gasteiger partial charge in [0.1, 0.15) is 0 Å². The van der Waals surface area contributed by atoms with Gasteiger partial charge >= 0.3 is 0 Å². The summed E-state index contributed by atoms with van der Waals surface area (Å²) >= 11 is 7.97. The quantitative estimate of drug-likeness (QED) is 0.856. The Labute approximate surface area is 129 Å². The van der Waals surface area contributed by atoms with Crippen LogP contribution in [0.5, 0.6) is 0 Å². The number of nitrogens with zero attached hydrogens (tertiary/aromatic N) is 2. The fourth-order valence-corrected chi connectivity index (χ4v) is 3.29. The molecule has 1 heterocycles. The van der Waals surface area contributed by atoms with Crippen LogP contribution in [0, 0.1) is 0 Å². The van der Waals surface area contributed by atoms with Crippen LogP contribution in [0.4, 0.5) is 5.13 Å². The van der Waals surface area contributed by atoms with Crippen molar-refractivity contribution in [2.75, 3.05) is 18.9 Å². The Morgan fingerprint density at radius 1 is 1.40 bits per heavy atom. The number of halogens is 1. The normalized spacial score (nSPS) is 12.7. The molecule has 0 bridgehead atoms. The highest BCUT2D eigenvalue weighted by Gasteiger charge is 2.15. The van der Waals surface area contributed by atoms with Gasteiger partial charge in [0.05, 0.1) is 0 Å². The van der Waals surface area contributed by atoms with E-state index in [2.05, 4.69) is 42.2 Å². The van der Waals surface area contributed by atoms with Crippen molar-refractivity contribution >= 4 is 28.1 Å². The molecule has 0 saturated heterocycles. The van der Waals surface area contributed by atoms with E-state index in [1.54, 1.807) is 11.3 Å². The molecule has 20 heavy (non-hydrogen) atoms. The van der Waals surface area contributed by atoms with Gasteiger partial charge in [-0.25, -0.2) is 4.98 Å². The first-order valence-electron chi connectivity index (χ1n) is 6.75. The van der Waals surface area contributed by atoms with Gasteiger partial charge in [-0.2, -0.15) is 0 Å². The molecule has 2 rings (SSSR count). The Morgan fingerprint density at radius 3 is 2.85 bits per heavy atom. The lowest BCUT2D eigenvalue weighted by Crippen LogP contribution is -2.21. The predicted molar refractivity (Wildman–Crippen MR) is 87.6 cm³/mol. The Kier molecular flexibility index (Phi) is 5.40. The SMILES string of the molecule is CCNc1ncc(CN(C)C(C)c2ccccc2Cl)s1. The van der Waals surface area contributed by atoms with Crippen LogP contribution in [0.1, 0.15) is 30.3 Å². The standard InChI is InChI=1S/C15H20ClN3S/c1-4-17-15-18-9-12(20-15)10-19(3)11(2)13-7-5-6-8-14(13)16/h5-9,11H,4,10H2,1-3H3,(H,17,18). The fraction of sp³-hybridized carbons (Fsp3) is 0.400. The number of hydrogen-bond donors (Lipinski definition) is 1. The summed E-state index contributed by atoms with van der Waals surface area (Å²) in [6.45, 7) is 6.02. The number of hydrogen-bond acceptors (Lipinski definition) is 4. The zero-order valence-electron chi connectivity index (χ0n) is 12.1. The van der Waals surface area contributed by atoms with E-state index in [1.165, 1.54) is 4.88 Å². The monoisotopic (exact) mass is 309 g/mol. The van der Waals surface area contributed by atoms with Gasteiger partial charge in [0, 0.05) is 35.2 Å². The summed E-state index contributed by atoms with van der Waals surface area (Å²) in [4.78, 5) is 7.90. The molecule has 1 unspecified atom stereocenters. The van der Waals surface area contributed by atoms with Crippen molar-refractivity contribution in [3.05, 3.63) is 45.9 Å². The Hall–Kier alpha value is -1.10.